The van der Waals surface area contributed by atoms with Crippen molar-refractivity contribution in [2.24, 2.45) is 10.8 Å². The van der Waals surface area contributed by atoms with Crippen LogP contribution in [0.5, 0.6) is 17.4 Å². The third-order valence-electron chi connectivity index (χ3n) is 5.91. The van der Waals surface area contributed by atoms with Gasteiger partial charge in [-0.2, -0.15) is 4.98 Å². The molecule has 1 aromatic heterocycles. The van der Waals surface area contributed by atoms with Gasteiger partial charge in [0.05, 0.1) is 12.0 Å². The second-order valence-corrected chi connectivity index (χ2v) is 9.20. The molecule has 2 heterocycles. The molecule has 2 atom stereocenters. The molecule has 4 rings (SSSR count). The lowest BCUT2D eigenvalue weighted by Gasteiger charge is -2.39. The maximum Gasteiger partial charge on any atom is 0.373 e. The molecule has 1 aliphatic carbocycles. The lowest BCUT2D eigenvalue weighted by molar-refractivity contribution is -0.385. The summed E-state index contributed by atoms with van der Waals surface area (Å²) in [6, 6.07) is 7.22. The van der Waals surface area contributed by atoms with E-state index in [1.165, 1.54) is 13.4 Å². The van der Waals surface area contributed by atoms with E-state index in [0.717, 1.165) is 25.8 Å². The van der Waals surface area contributed by atoms with E-state index in [9.17, 15) is 10.1 Å². The summed E-state index contributed by atoms with van der Waals surface area (Å²) >= 11 is 0. The first-order valence-electron chi connectivity index (χ1n) is 9.78. The van der Waals surface area contributed by atoms with Crippen LogP contribution in [-0.2, 0) is 0 Å². The molecule has 8 heteroatoms. The van der Waals surface area contributed by atoms with Crippen LogP contribution in [0.25, 0.3) is 0 Å². The van der Waals surface area contributed by atoms with E-state index >= 15 is 0 Å². The third kappa shape index (κ3) is 3.59. The van der Waals surface area contributed by atoms with Gasteiger partial charge in [-0.1, -0.05) is 32.9 Å². The highest BCUT2D eigenvalue weighted by Gasteiger charge is 2.51. The number of anilines is 1. The van der Waals surface area contributed by atoms with Crippen LogP contribution >= 0.6 is 0 Å². The number of nitrogens with zero attached hydrogens (tertiary/aromatic N) is 4. The summed E-state index contributed by atoms with van der Waals surface area (Å²) < 4.78 is 11.1. The molecule has 0 radical (unpaired) electrons. The summed E-state index contributed by atoms with van der Waals surface area (Å²) in [7, 11) is 1.52. The maximum absolute atomic E-state index is 12.0. The first-order valence-corrected chi connectivity index (χ1v) is 9.78. The van der Waals surface area contributed by atoms with Gasteiger partial charge in [0.15, 0.2) is 11.5 Å². The highest BCUT2D eigenvalue weighted by molar-refractivity contribution is 5.65. The Morgan fingerprint density at radius 3 is 2.59 bits per heavy atom. The molecule has 2 unspecified atom stereocenters. The lowest BCUT2D eigenvalue weighted by atomic mass is 9.65. The number of aromatic nitrogens is 2. The zero-order chi connectivity index (χ0) is 20.8. The average Bonchev–Trinajstić information content (AvgIpc) is 2.90. The predicted octanol–water partition coefficient (Wildman–Crippen LogP) is 4.59. The molecule has 2 fully saturated rings. The van der Waals surface area contributed by atoms with Gasteiger partial charge in [-0.15, -0.1) is 0 Å². The van der Waals surface area contributed by atoms with E-state index < -0.39 is 4.92 Å². The van der Waals surface area contributed by atoms with Crippen LogP contribution in [-0.4, -0.2) is 34.6 Å². The van der Waals surface area contributed by atoms with Crippen LogP contribution in [0.1, 0.15) is 40.0 Å². The van der Waals surface area contributed by atoms with E-state index in [0.29, 0.717) is 17.3 Å². The van der Waals surface area contributed by atoms with E-state index in [2.05, 4.69) is 35.6 Å². The first kappa shape index (κ1) is 19.4. The minimum absolute atomic E-state index is 0.0737. The second-order valence-electron chi connectivity index (χ2n) is 9.20. The largest absolute Gasteiger partial charge is 0.493 e. The van der Waals surface area contributed by atoms with Gasteiger partial charge < -0.3 is 14.4 Å². The molecule has 1 aromatic carbocycles. The highest BCUT2D eigenvalue weighted by Crippen LogP contribution is 2.54. The van der Waals surface area contributed by atoms with Crippen molar-refractivity contribution in [3.8, 4) is 17.4 Å². The normalized spacial score (nSPS) is 25.0. The van der Waals surface area contributed by atoms with E-state index in [1.807, 2.05) is 0 Å². The summed E-state index contributed by atoms with van der Waals surface area (Å²) in [4.78, 5) is 22.1. The van der Waals surface area contributed by atoms with Crippen LogP contribution < -0.4 is 14.4 Å². The molecule has 0 spiro atoms. The molecule has 2 bridgehead atoms. The second kappa shape index (κ2) is 6.86. The summed E-state index contributed by atoms with van der Waals surface area (Å²) in [6.07, 6.45) is 4.42. The molecule has 2 aliphatic rings. The maximum atomic E-state index is 12.0. The molecule has 1 saturated heterocycles. The Hall–Kier alpha value is -2.90. The van der Waals surface area contributed by atoms with Crippen LogP contribution in [0, 0.1) is 20.9 Å². The molecule has 0 amide bonds. The fourth-order valence-corrected chi connectivity index (χ4v) is 5.31. The number of rotatable bonds is 5. The molecule has 1 saturated carbocycles. The topological polar surface area (TPSA) is 90.6 Å². The van der Waals surface area contributed by atoms with Crippen molar-refractivity contribution in [2.45, 2.75) is 46.1 Å². The number of nitro groups is 1. The Bertz CT molecular complexity index is 948. The molecular formula is C21H26N4O4. The Balaban J connectivity index is 1.74. The van der Waals surface area contributed by atoms with Crippen LogP contribution in [0.2, 0.25) is 0 Å². The highest BCUT2D eigenvalue weighted by atomic mass is 16.6. The summed E-state index contributed by atoms with van der Waals surface area (Å²) in [5, 5.41) is 12.0. The molecular weight excluding hydrogens is 372 g/mol. The number of hydrogen-bond donors (Lipinski definition) is 0. The standard InChI is InChI=1S/C21H26N4O4/c1-20(2)9-14-10-21(3,11-20)12-24(14)18-17(25(26)27)19(23-13-22-18)29-16-8-6-5-7-15(16)28-4/h5-8,13-14H,9-12H2,1-4H3. The van der Waals surface area contributed by atoms with Crippen molar-refractivity contribution >= 4 is 11.5 Å². The zero-order valence-corrected chi connectivity index (χ0v) is 17.2. The Morgan fingerprint density at radius 2 is 1.90 bits per heavy atom. The van der Waals surface area contributed by atoms with E-state index in [1.54, 1.807) is 24.3 Å². The summed E-state index contributed by atoms with van der Waals surface area (Å²) in [5.41, 5.74) is 0.118. The van der Waals surface area contributed by atoms with Crippen LogP contribution in [0.15, 0.2) is 30.6 Å². The van der Waals surface area contributed by atoms with Crippen molar-refractivity contribution in [1.29, 1.82) is 0 Å². The number of ether oxygens (including phenoxy) is 2. The third-order valence-corrected chi connectivity index (χ3v) is 5.91. The van der Waals surface area contributed by atoms with Crippen molar-refractivity contribution in [3.05, 3.63) is 40.7 Å². The number of fused-ring (bicyclic) bond motifs is 2. The van der Waals surface area contributed by atoms with Gasteiger partial charge in [0.1, 0.15) is 6.33 Å². The van der Waals surface area contributed by atoms with E-state index in [4.69, 9.17) is 9.47 Å². The van der Waals surface area contributed by atoms with Crippen molar-refractivity contribution in [2.75, 3.05) is 18.6 Å². The Morgan fingerprint density at radius 1 is 1.17 bits per heavy atom. The van der Waals surface area contributed by atoms with E-state index in [-0.39, 0.29) is 28.4 Å². The molecule has 1 aliphatic heterocycles. The van der Waals surface area contributed by atoms with Gasteiger partial charge in [-0.05, 0) is 42.2 Å². The Kier molecular flexibility index (Phi) is 4.59. The molecule has 29 heavy (non-hydrogen) atoms. The summed E-state index contributed by atoms with van der Waals surface area (Å²) in [5.74, 6) is 1.11. The van der Waals surface area contributed by atoms with Crippen molar-refractivity contribution in [3.63, 3.8) is 0 Å². The molecule has 8 nitrogen and oxygen atoms in total. The van der Waals surface area contributed by atoms with Crippen molar-refractivity contribution in [1.82, 2.24) is 9.97 Å². The summed E-state index contributed by atoms with van der Waals surface area (Å²) in [6.45, 7) is 7.55. The SMILES string of the molecule is COc1ccccc1Oc1ncnc(N2CC3(C)CC2CC(C)(C)C3)c1[N+](=O)[O-]. The Labute approximate surface area is 170 Å². The minimum atomic E-state index is -0.449. The van der Waals surface area contributed by atoms with Gasteiger partial charge >= 0.3 is 11.6 Å². The van der Waals surface area contributed by atoms with Gasteiger partial charge in [-0.3, -0.25) is 10.1 Å². The van der Waals surface area contributed by atoms with Gasteiger partial charge in [0, 0.05) is 12.6 Å². The van der Waals surface area contributed by atoms with Crippen LogP contribution in [0.4, 0.5) is 11.5 Å². The monoisotopic (exact) mass is 398 g/mol. The van der Waals surface area contributed by atoms with Gasteiger partial charge in [-0.25, -0.2) is 4.98 Å². The number of methoxy groups -OCH3 is 1. The minimum Gasteiger partial charge on any atom is -0.493 e. The number of hydrogen-bond acceptors (Lipinski definition) is 7. The molecule has 0 N–H and O–H groups in total. The van der Waals surface area contributed by atoms with Gasteiger partial charge in [0.2, 0.25) is 5.82 Å². The quantitative estimate of drug-likeness (QED) is 0.537. The number of para-hydroxylation sites is 2. The van der Waals surface area contributed by atoms with Crippen LogP contribution in [0.3, 0.4) is 0 Å². The first-order chi connectivity index (χ1) is 13.7. The van der Waals surface area contributed by atoms with Gasteiger partial charge in [0.25, 0.3) is 0 Å². The predicted molar refractivity (Wildman–Crippen MR) is 109 cm³/mol. The fraction of sp³-hybridized carbons (Fsp3) is 0.524. The average molecular weight is 398 g/mol. The number of benzene rings is 1. The lowest BCUT2D eigenvalue weighted by Crippen LogP contribution is -2.35. The fourth-order valence-electron chi connectivity index (χ4n) is 5.31. The van der Waals surface area contributed by atoms with Crippen molar-refractivity contribution < 1.29 is 14.4 Å². The smallest absolute Gasteiger partial charge is 0.373 e. The molecule has 2 aromatic rings. The molecule has 154 valence electrons. The zero-order valence-electron chi connectivity index (χ0n) is 17.2.